The van der Waals surface area contributed by atoms with Crippen molar-refractivity contribution in [1.29, 1.82) is 0 Å². The summed E-state index contributed by atoms with van der Waals surface area (Å²) in [5.41, 5.74) is 0.611. The van der Waals surface area contributed by atoms with Gasteiger partial charge in [-0.15, -0.1) is 0 Å². The number of hydrogen-bond donors (Lipinski definition) is 0. The molecule has 0 amide bonds. The van der Waals surface area contributed by atoms with Crippen molar-refractivity contribution in [3.63, 3.8) is 0 Å². The highest BCUT2D eigenvalue weighted by Gasteiger charge is 2.45. The number of halogens is 1. The van der Waals surface area contributed by atoms with Crippen LogP contribution < -0.4 is 4.74 Å². The van der Waals surface area contributed by atoms with Crippen LogP contribution in [-0.4, -0.2) is 44.5 Å². The molecular weight excluding hydrogens is 373 g/mol. The predicted molar refractivity (Wildman–Crippen MR) is 97.0 cm³/mol. The molecule has 27 heavy (non-hydrogen) atoms. The maximum absolute atomic E-state index is 13.8. The first-order valence-electron chi connectivity index (χ1n) is 8.43. The van der Waals surface area contributed by atoms with E-state index in [0.29, 0.717) is 5.56 Å². The third-order valence-corrected chi connectivity index (χ3v) is 6.19. The van der Waals surface area contributed by atoms with Crippen LogP contribution in [0.3, 0.4) is 0 Å². The number of esters is 1. The summed E-state index contributed by atoms with van der Waals surface area (Å²) >= 11 is 0. The van der Waals surface area contributed by atoms with Gasteiger partial charge >= 0.3 is 5.97 Å². The molecule has 0 unspecified atom stereocenters. The molecule has 0 N–H and O–H groups in total. The van der Waals surface area contributed by atoms with Crippen molar-refractivity contribution in [2.75, 3.05) is 13.7 Å². The second-order valence-electron chi connectivity index (χ2n) is 6.26. The molecule has 0 saturated carbocycles. The number of benzene rings is 2. The Morgan fingerprint density at radius 1 is 1.15 bits per heavy atom. The molecule has 0 bridgehead atoms. The van der Waals surface area contributed by atoms with E-state index in [0.717, 1.165) is 4.31 Å². The zero-order valence-corrected chi connectivity index (χ0v) is 15.6. The lowest BCUT2D eigenvalue weighted by atomic mass is 10.2. The van der Waals surface area contributed by atoms with Crippen LogP contribution in [0.5, 0.6) is 5.75 Å². The van der Waals surface area contributed by atoms with Gasteiger partial charge in [0.15, 0.2) is 11.6 Å². The number of carbonyl (C=O) groups excluding carboxylic acids is 1. The highest BCUT2D eigenvalue weighted by atomic mass is 32.2. The molecule has 2 atom stereocenters. The second kappa shape index (κ2) is 8.06. The van der Waals surface area contributed by atoms with Crippen molar-refractivity contribution >= 4 is 16.0 Å². The summed E-state index contributed by atoms with van der Waals surface area (Å²) in [7, 11) is -2.59. The van der Waals surface area contributed by atoms with Gasteiger partial charge in [0.05, 0.1) is 19.4 Å². The molecule has 3 rings (SSSR count). The van der Waals surface area contributed by atoms with E-state index < -0.39 is 34.0 Å². The Morgan fingerprint density at radius 3 is 2.48 bits per heavy atom. The Balaban J connectivity index is 1.81. The number of methoxy groups -OCH3 is 1. The van der Waals surface area contributed by atoms with Gasteiger partial charge in [0.2, 0.25) is 10.0 Å². The fraction of sp³-hybridized carbons (Fsp3) is 0.316. The van der Waals surface area contributed by atoms with Crippen molar-refractivity contribution in [2.24, 2.45) is 0 Å². The van der Waals surface area contributed by atoms with Crippen molar-refractivity contribution < 1.29 is 27.1 Å². The van der Waals surface area contributed by atoms with Gasteiger partial charge in [0.1, 0.15) is 12.1 Å². The van der Waals surface area contributed by atoms with Gasteiger partial charge in [-0.05, 0) is 17.7 Å². The Morgan fingerprint density at radius 2 is 1.81 bits per heavy atom. The quantitative estimate of drug-likeness (QED) is 0.705. The SMILES string of the molecule is COC(=O)[C@H]1C[C@H](Oc2ccccc2F)CN1S(=O)(=O)Cc1ccccc1. The van der Waals surface area contributed by atoms with Gasteiger partial charge in [-0.1, -0.05) is 42.5 Å². The van der Waals surface area contributed by atoms with Crippen molar-refractivity contribution in [3.05, 3.63) is 66.0 Å². The summed E-state index contributed by atoms with van der Waals surface area (Å²) < 4.78 is 51.1. The maximum Gasteiger partial charge on any atom is 0.324 e. The van der Waals surface area contributed by atoms with E-state index in [-0.39, 0.29) is 24.5 Å². The summed E-state index contributed by atoms with van der Waals surface area (Å²) in [4.78, 5) is 12.1. The molecule has 2 aromatic rings. The van der Waals surface area contributed by atoms with Crippen LogP contribution in [0.4, 0.5) is 4.39 Å². The molecule has 1 aliphatic rings. The summed E-state index contributed by atoms with van der Waals surface area (Å²) in [6, 6.07) is 13.6. The number of hydrogen-bond acceptors (Lipinski definition) is 5. The molecule has 0 aliphatic carbocycles. The standard InChI is InChI=1S/C19H20FNO5S/c1-25-19(22)17-11-15(26-18-10-6-5-9-16(18)20)12-21(17)27(23,24)13-14-7-3-2-4-8-14/h2-10,15,17H,11-13H2,1H3/t15-,17+/m0/s1. The van der Waals surface area contributed by atoms with Crippen LogP contribution in [0, 0.1) is 5.82 Å². The number of sulfonamides is 1. The van der Waals surface area contributed by atoms with Crippen LogP contribution in [0.15, 0.2) is 54.6 Å². The van der Waals surface area contributed by atoms with Gasteiger partial charge in [0.25, 0.3) is 0 Å². The number of para-hydroxylation sites is 1. The fourth-order valence-corrected chi connectivity index (χ4v) is 4.83. The van der Waals surface area contributed by atoms with Crippen LogP contribution in [0.1, 0.15) is 12.0 Å². The monoisotopic (exact) mass is 393 g/mol. The van der Waals surface area contributed by atoms with Crippen LogP contribution >= 0.6 is 0 Å². The lowest BCUT2D eigenvalue weighted by Crippen LogP contribution is -2.41. The Bertz CT molecular complexity index is 903. The number of ether oxygens (including phenoxy) is 2. The van der Waals surface area contributed by atoms with Crippen molar-refractivity contribution in [2.45, 2.75) is 24.3 Å². The molecule has 0 radical (unpaired) electrons. The first-order valence-corrected chi connectivity index (χ1v) is 10.0. The van der Waals surface area contributed by atoms with Crippen LogP contribution in [0.2, 0.25) is 0 Å². The van der Waals surface area contributed by atoms with Gasteiger partial charge in [0, 0.05) is 6.42 Å². The highest BCUT2D eigenvalue weighted by molar-refractivity contribution is 7.88. The predicted octanol–water partition coefficient (Wildman–Crippen LogP) is 2.35. The lowest BCUT2D eigenvalue weighted by Gasteiger charge is -2.21. The number of nitrogens with zero attached hydrogens (tertiary/aromatic N) is 1. The van der Waals surface area contributed by atoms with E-state index in [9.17, 15) is 17.6 Å². The molecule has 0 spiro atoms. The molecule has 2 aromatic carbocycles. The Kier molecular flexibility index (Phi) is 5.76. The van der Waals surface area contributed by atoms with E-state index in [2.05, 4.69) is 0 Å². The van der Waals surface area contributed by atoms with E-state index >= 15 is 0 Å². The van der Waals surface area contributed by atoms with Gasteiger partial charge < -0.3 is 9.47 Å². The minimum atomic E-state index is -3.79. The average molecular weight is 393 g/mol. The summed E-state index contributed by atoms with van der Waals surface area (Å²) in [6.45, 7) is -0.0523. The zero-order chi connectivity index (χ0) is 19.4. The number of carbonyl (C=O) groups is 1. The number of rotatable bonds is 6. The third-order valence-electron chi connectivity index (χ3n) is 4.37. The Hall–Kier alpha value is -2.45. The van der Waals surface area contributed by atoms with E-state index in [1.807, 2.05) is 0 Å². The molecule has 144 valence electrons. The molecule has 1 heterocycles. The van der Waals surface area contributed by atoms with Crippen LogP contribution in [-0.2, 0) is 25.3 Å². The van der Waals surface area contributed by atoms with Gasteiger partial charge in [-0.2, -0.15) is 4.31 Å². The average Bonchev–Trinajstić information content (AvgIpc) is 3.08. The Labute approximate surface area is 157 Å². The second-order valence-corrected chi connectivity index (χ2v) is 8.18. The molecule has 6 nitrogen and oxygen atoms in total. The summed E-state index contributed by atoms with van der Waals surface area (Å²) in [5.74, 6) is -1.43. The molecule has 0 aromatic heterocycles. The molecule has 1 fully saturated rings. The minimum absolute atomic E-state index is 0.0217. The fourth-order valence-electron chi connectivity index (χ4n) is 3.10. The smallest absolute Gasteiger partial charge is 0.324 e. The lowest BCUT2D eigenvalue weighted by molar-refractivity contribution is -0.144. The summed E-state index contributed by atoms with van der Waals surface area (Å²) in [5, 5.41) is 0. The van der Waals surface area contributed by atoms with Crippen molar-refractivity contribution in [3.8, 4) is 5.75 Å². The molecule has 8 heteroatoms. The van der Waals surface area contributed by atoms with Gasteiger partial charge in [-0.25, -0.2) is 12.8 Å². The van der Waals surface area contributed by atoms with E-state index in [1.54, 1.807) is 36.4 Å². The zero-order valence-electron chi connectivity index (χ0n) is 14.7. The first kappa shape index (κ1) is 19.3. The minimum Gasteiger partial charge on any atom is -0.486 e. The normalized spacial score (nSPS) is 20.4. The van der Waals surface area contributed by atoms with E-state index in [1.165, 1.54) is 25.3 Å². The third kappa shape index (κ3) is 4.45. The molecule has 1 aliphatic heterocycles. The largest absolute Gasteiger partial charge is 0.486 e. The molecular formula is C19H20FNO5S. The van der Waals surface area contributed by atoms with Crippen molar-refractivity contribution in [1.82, 2.24) is 4.31 Å². The van der Waals surface area contributed by atoms with Crippen LogP contribution in [0.25, 0.3) is 0 Å². The molecule has 1 saturated heterocycles. The maximum atomic E-state index is 13.8. The summed E-state index contributed by atoms with van der Waals surface area (Å²) in [6.07, 6.45) is -0.564. The topological polar surface area (TPSA) is 72.9 Å². The first-order chi connectivity index (χ1) is 12.9. The highest BCUT2D eigenvalue weighted by Crippen LogP contribution is 2.28. The van der Waals surface area contributed by atoms with Gasteiger partial charge in [-0.3, -0.25) is 4.79 Å². The van der Waals surface area contributed by atoms with E-state index in [4.69, 9.17) is 9.47 Å².